The molecular weight excluding hydrogens is 272 g/mol. The van der Waals surface area contributed by atoms with Gasteiger partial charge in [-0.3, -0.25) is 4.79 Å². The summed E-state index contributed by atoms with van der Waals surface area (Å²) in [6.07, 6.45) is 0. The predicted octanol–water partition coefficient (Wildman–Crippen LogP) is 1.61. The molecule has 2 aromatic rings. The summed E-state index contributed by atoms with van der Waals surface area (Å²) >= 11 is 0. The second-order valence-corrected chi connectivity index (χ2v) is 4.13. The molecule has 110 valence electrons. The standard InChI is InChI=1S/C14H16N4O3/c1-3-16-14(19)10-5-7-13(18-17-10)21-11-6-4-9(15)8-12(11)20-2/h4-8H,3,15H2,1-2H3,(H,16,19). The molecule has 0 atom stereocenters. The molecule has 0 saturated heterocycles. The lowest BCUT2D eigenvalue weighted by atomic mass is 10.3. The Labute approximate surface area is 122 Å². The minimum atomic E-state index is -0.276. The molecule has 0 spiro atoms. The highest BCUT2D eigenvalue weighted by Gasteiger charge is 2.10. The number of nitrogen functional groups attached to an aromatic ring is 1. The number of anilines is 1. The quantitative estimate of drug-likeness (QED) is 0.811. The van der Waals surface area contributed by atoms with Gasteiger partial charge in [-0.2, -0.15) is 0 Å². The number of nitrogens with two attached hydrogens (primary N) is 1. The molecule has 21 heavy (non-hydrogen) atoms. The molecule has 0 fully saturated rings. The highest BCUT2D eigenvalue weighted by atomic mass is 16.5. The minimum absolute atomic E-state index is 0.230. The van der Waals surface area contributed by atoms with E-state index in [1.54, 1.807) is 24.3 Å². The van der Waals surface area contributed by atoms with Gasteiger partial charge >= 0.3 is 0 Å². The lowest BCUT2D eigenvalue weighted by Gasteiger charge is -2.09. The van der Waals surface area contributed by atoms with Gasteiger partial charge in [0.05, 0.1) is 7.11 Å². The van der Waals surface area contributed by atoms with E-state index in [1.165, 1.54) is 13.2 Å². The van der Waals surface area contributed by atoms with Crippen LogP contribution in [0.15, 0.2) is 30.3 Å². The van der Waals surface area contributed by atoms with Crippen molar-refractivity contribution in [3.63, 3.8) is 0 Å². The first kappa shape index (κ1) is 14.6. The number of amides is 1. The maximum atomic E-state index is 11.6. The Morgan fingerprint density at radius 2 is 2.05 bits per heavy atom. The van der Waals surface area contributed by atoms with Crippen molar-refractivity contribution < 1.29 is 14.3 Å². The second-order valence-electron chi connectivity index (χ2n) is 4.13. The Bertz CT molecular complexity index is 629. The van der Waals surface area contributed by atoms with Crippen molar-refractivity contribution in [1.29, 1.82) is 0 Å². The molecule has 1 amide bonds. The molecule has 1 aromatic heterocycles. The number of rotatable bonds is 5. The number of aromatic nitrogens is 2. The maximum absolute atomic E-state index is 11.6. The van der Waals surface area contributed by atoms with E-state index in [1.807, 2.05) is 6.92 Å². The Balaban J connectivity index is 2.15. The molecule has 0 saturated carbocycles. The maximum Gasteiger partial charge on any atom is 0.271 e. The Hall–Kier alpha value is -2.83. The Kier molecular flexibility index (Phi) is 4.55. The van der Waals surface area contributed by atoms with Crippen molar-refractivity contribution in [2.45, 2.75) is 6.92 Å². The topological polar surface area (TPSA) is 99.4 Å². The average Bonchev–Trinajstić information content (AvgIpc) is 2.50. The third-order valence-electron chi connectivity index (χ3n) is 2.61. The summed E-state index contributed by atoms with van der Waals surface area (Å²) in [4.78, 5) is 11.6. The van der Waals surface area contributed by atoms with E-state index >= 15 is 0 Å². The van der Waals surface area contributed by atoms with E-state index < -0.39 is 0 Å². The van der Waals surface area contributed by atoms with E-state index in [9.17, 15) is 4.79 Å². The summed E-state index contributed by atoms with van der Waals surface area (Å²) in [5.41, 5.74) is 6.47. The first-order valence-electron chi connectivity index (χ1n) is 6.37. The van der Waals surface area contributed by atoms with Gasteiger partial charge in [0.2, 0.25) is 5.88 Å². The number of carbonyl (C=O) groups excluding carboxylic acids is 1. The van der Waals surface area contributed by atoms with Crippen LogP contribution in [0, 0.1) is 0 Å². The number of nitrogens with one attached hydrogen (secondary N) is 1. The lowest BCUT2D eigenvalue weighted by molar-refractivity contribution is 0.0949. The third-order valence-corrected chi connectivity index (χ3v) is 2.61. The highest BCUT2D eigenvalue weighted by Crippen LogP contribution is 2.32. The molecular formula is C14H16N4O3. The zero-order valence-electron chi connectivity index (χ0n) is 11.8. The lowest BCUT2D eigenvalue weighted by Crippen LogP contribution is -2.23. The van der Waals surface area contributed by atoms with Crippen molar-refractivity contribution in [1.82, 2.24) is 15.5 Å². The summed E-state index contributed by atoms with van der Waals surface area (Å²) in [6.45, 7) is 2.36. The molecule has 0 radical (unpaired) electrons. The van der Waals surface area contributed by atoms with Crippen molar-refractivity contribution in [3.8, 4) is 17.4 Å². The third kappa shape index (κ3) is 3.59. The van der Waals surface area contributed by atoms with Gasteiger partial charge in [-0.05, 0) is 25.1 Å². The Morgan fingerprint density at radius 1 is 1.24 bits per heavy atom. The molecule has 7 nitrogen and oxygen atoms in total. The second kappa shape index (κ2) is 6.56. The van der Waals surface area contributed by atoms with E-state index in [0.717, 1.165) is 0 Å². The Morgan fingerprint density at radius 3 is 2.67 bits per heavy atom. The number of nitrogens with zero attached hydrogens (tertiary/aromatic N) is 2. The SMILES string of the molecule is CCNC(=O)c1ccc(Oc2ccc(N)cc2OC)nn1. The molecule has 0 aliphatic carbocycles. The van der Waals surface area contributed by atoms with Crippen LogP contribution in [0.2, 0.25) is 0 Å². The summed E-state index contributed by atoms with van der Waals surface area (Å²) < 4.78 is 10.7. The summed E-state index contributed by atoms with van der Waals surface area (Å²) in [5, 5.41) is 10.3. The van der Waals surface area contributed by atoms with Crippen molar-refractivity contribution in [3.05, 3.63) is 36.0 Å². The van der Waals surface area contributed by atoms with Crippen LogP contribution >= 0.6 is 0 Å². The normalized spacial score (nSPS) is 10.0. The van der Waals surface area contributed by atoms with Crippen LogP contribution in [0.5, 0.6) is 17.4 Å². The molecule has 2 rings (SSSR count). The van der Waals surface area contributed by atoms with Crippen LogP contribution in [-0.2, 0) is 0 Å². The van der Waals surface area contributed by atoms with Gasteiger partial charge < -0.3 is 20.5 Å². The fraction of sp³-hybridized carbons (Fsp3) is 0.214. The average molecular weight is 288 g/mol. The largest absolute Gasteiger partial charge is 0.493 e. The molecule has 0 aliphatic rings. The van der Waals surface area contributed by atoms with Gasteiger partial charge in [-0.25, -0.2) is 0 Å². The number of methoxy groups -OCH3 is 1. The molecule has 0 unspecified atom stereocenters. The summed E-state index contributed by atoms with van der Waals surface area (Å²) in [6, 6.07) is 8.11. The fourth-order valence-electron chi connectivity index (χ4n) is 1.63. The monoisotopic (exact) mass is 288 g/mol. The van der Waals surface area contributed by atoms with Crippen molar-refractivity contribution in [2.24, 2.45) is 0 Å². The van der Waals surface area contributed by atoms with Gasteiger partial charge in [0.15, 0.2) is 17.2 Å². The van der Waals surface area contributed by atoms with Crippen LogP contribution in [0.25, 0.3) is 0 Å². The zero-order chi connectivity index (χ0) is 15.2. The molecule has 1 aromatic carbocycles. The summed E-state index contributed by atoms with van der Waals surface area (Å²) in [7, 11) is 1.52. The van der Waals surface area contributed by atoms with E-state index in [-0.39, 0.29) is 17.5 Å². The number of benzene rings is 1. The number of carbonyl (C=O) groups is 1. The molecule has 3 N–H and O–H groups in total. The number of hydrogen-bond acceptors (Lipinski definition) is 6. The van der Waals surface area contributed by atoms with Crippen LogP contribution in [0.3, 0.4) is 0 Å². The molecule has 7 heteroatoms. The van der Waals surface area contributed by atoms with Gasteiger partial charge in [-0.15, -0.1) is 10.2 Å². The van der Waals surface area contributed by atoms with E-state index in [0.29, 0.717) is 23.7 Å². The van der Waals surface area contributed by atoms with Crippen LogP contribution in [0.4, 0.5) is 5.69 Å². The number of ether oxygens (including phenoxy) is 2. The number of hydrogen-bond donors (Lipinski definition) is 2. The first-order valence-corrected chi connectivity index (χ1v) is 6.37. The molecule has 0 aliphatic heterocycles. The zero-order valence-corrected chi connectivity index (χ0v) is 11.8. The van der Waals surface area contributed by atoms with Gasteiger partial charge in [0, 0.05) is 24.4 Å². The van der Waals surface area contributed by atoms with Gasteiger partial charge in [-0.1, -0.05) is 0 Å². The van der Waals surface area contributed by atoms with Gasteiger partial charge in [0.1, 0.15) is 0 Å². The molecule has 0 bridgehead atoms. The van der Waals surface area contributed by atoms with Crippen molar-refractivity contribution >= 4 is 11.6 Å². The van der Waals surface area contributed by atoms with Crippen LogP contribution in [-0.4, -0.2) is 29.8 Å². The van der Waals surface area contributed by atoms with Crippen LogP contribution in [0.1, 0.15) is 17.4 Å². The minimum Gasteiger partial charge on any atom is -0.493 e. The van der Waals surface area contributed by atoms with Gasteiger partial charge in [0.25, 0.3) is 5.91 Å². The highest BCUT2D eigenvalue weighted by molar-refractivity contribution is 5.91. The van der Waals surface area contributed by atoms with E-state index in [2.05, 4.69) is 15.5 Å². The van der Waals surface area contributed by atoms with E-state index in [4.69, 9.17) is 15.2 Å². The predicted molar refractivity (Wildman–Crippen MR) is 77.5 cm³/mol. The smallest absolute Gasteiger partial charge is 0.271 e. The van der Waals surface area contributed by atoms with Crippen LogP contribution < -0.4 is 20.5 Å². The fourth-order valence-corrected chi connectivity index (χ4v) is 1.63. The molecule has 1 heterocycles. The first-order chi connectivity index (χ1) is 10.1. The summed E-state index contributed by atoms with van der Waals surface area (Å²) in [5.74, 6) is 0.934. The van der Waals surface area contributed by atoms with Crippen molar-refractivity contribution in [2.75, 3.05) is 19.4 Å².